The van der Waals surface area contributed by atoms with Gasteiger partial charge in [0.1, 0.15) is 11.4 Å². The number of hydrogen-bond acceptors (Lipinski definition) is 6. The second-order valence-electron chi connectivity index (χ2n) is 5.11. The van der Waals surface area contributed by atoms with Gasteiger partial charge in [0.25, 0.3) is 5.91 Å². The molecule has 6 nitrogen and oxygen atoms in total. The number of thiophene rings is 1. The van der Waals surface area contributed by atoms with Crippen LogP contribution in [0, 0.1) is 6.92 Å². The van der Waals surface area contributed by atoms with Gasteiger partial charge in [0.2, 0.25) is 5.88 Å². The van der Waals surface area contributed by atoms with Crippen LogP contribution >= 0.6 is 11.3 Å². The summed E-state index contributed by atoms with van der Waals surface area (Å²) < 4.78 is 10.5. The number of hydrogen-bond donors (Lipinski definition) is 0. The van der Waals surface area contributed by atoms with E-state index < -0.39 is 0 Å². The third-order valence-corrected chi connectivity index (χ3v) is 4.62. The van der Waals surface area contributed by atoms with Crippen LogP contribution in [0.5, 0.6) is 5.88 Å². The molecule has 2 rings (SSSR count). The number of methoxy groups -OCH3 is 2. The predicted octanol–water partition coefficient (Wildman–Crippen LogP) is 2.97. The Bertz CT molecular complexity index is 760. The highest BCUT2D eigenvalue weighted by Gasteiger charge is 2.23. The first kappa shape index (κ1) is 18.1. The van der Waals surface area contributed by atoms with Crippen LogP contribution in [0.25, 0.3) is 10.2 Å². The quantitative estimate of drug-likeness (QED) is 0.687. The van der Waals surface area contributed by atoms with E-state index in [2.05, 4.69) is 23.1 Å². The van der Waals surface area contributed by atoms with Crippen LogP contribution in [0.15, 0.2) is 25.3 Å². The molecule has 0 aliphatic rings. The summed E-state index contributed by atoms with van der Waals surface area (Å²) in [6.45, 7) is 10.5. The van der Waals surface area contributed by atoms with E-state index in [1.807, 2.05) is 6.92 Å². The van der Waals surface area contributed by atoms with E-state index in [1.54, 1.807) is 31.3 Å². The Balaban J connectivity index is 2.55. The zero-order chi connectivity index (χ0) is 17.7. The minimum Gasteiger partial charge on any atom is -0.480 e. The molecular formula is C17H21N3O3S. The van der Waals surface area contributed by atoms with Crippen molar-refractivity contribution in [2.75, 3.05) is 27.3 Å². The van der Waals surface area contributed by atoms with Crippen molar-refractivity contribution < 1.29 is 14.3 Å². The minimum absolute atomic E-state index is 0.0781. The van der Waals surface area contributed by atoms with E-state index in [-0.39, 0.29) is 12.5 Å². The molecule has 2 heterocycles. The molecule has 0 bridgehead atoms. The number of aromatic nitrogens is 2. The topological polar surface area (TPSA) is 64.6 Å². The van der Waals surface area contributed by atoms with E-state index in [9.17, 15) is 4.79 Å². The number of aryl methyl sites for hydroxylation is 1. The largest absolute Gasteiger partial charge is 0.480 e. The third kappa shape index (κ3) is 3.47. The second-order valence-corrected chi connectivity index (χ2v) is 6.11. The van der Waals surface area contributed by atoms with Crippen LogP contribution in [-0.2, 0) is 11.3 Å². The minimum atomic E-state index is -0.0781. The molecule has 0 saturated heterocycles. The van der Waals surface area contributed by atoms with Gasteiger partial charge in [0.05, 0.1) is 17.4 Å². The number of rotatable bonds is 8. The van der Waals surface area contributed by atoms with E-state index in [0.29, 0.717) is 34.5 Å². The molecule has 0 aliphatic heterocycles. The number of ether oxygens (including phenoxy) is 2. The van der Waals surface area contributed by atoms with Gasteiger partial charge in [-0.3, -0.25) is 4.79 Å². The highest BCUT2D eigenvalue weighted by molar-refractivity contribution is 7.20. The van der Waals surface area contributed by atoms with Crippen molar-refractivity contribution in [3.8, 4) is 5.88 Å². The third-order valence-electron chi connectivity index (χ3n) is 3.45. The zero-order valence-electron chi connectivity index (χ0n) is 14.2. The Labute approximate surface area is 145 Å². The fourth-order valence-electron chi connectivity index (χ4n) is 2.39. The summed E-state index contributed by atoms with van der Waals surface area (Å²) in [6.07, 6.45) is 3.39. The number of carbonyl (C=O) groups is 1. The average Bonchev–Trinajstić information content (AvgIpc) is 2.90. The maximum absolute atomic E-state index is 12.9. The summed E-state index contributed by atoms with van der Waals surface area (Å²) in [5.74, 6) is 0.903. The molecule has 7 heteroatoms. The summed E-state index contributed by atoms with van der Waals surface area (Å²) in [7, 11) is 3.13. The van der Waals surface area contributed by atoms with Crippen molar-refractivity contribution in [3.05, 3.63) is 41.6 Å². The van der Waals surface area contributed by atoms with Gasteiger partial charge in [0, 0.05) is 20.2 Å². The maximum atomic E-state index is 12.9. The highest BCUT2D eigenvalue weighted by atomic mass is 32.1. The molecule has 0 radical (unpaired) electrons. The molecule has 2 aromatic rings. The SMILES string of the molecule is C=CCN(CC=C)C(=O)c1sc2nc(COC)nc(OC)c2c1C. The van der Waals surface area contributed by atoms with Crippen LogP contribution in [0.4, 0.5) is 0 Å². The summed E-state index contributed by atoms with van der Waals surface area (Å²) in [5.41, 5.74) is 0.818. The Morgan fingerprint density at radius 3 is 2.46 bits per heavy atom. The second kappa shape index (κ2) is 8.03. The first-order chi connectivity index (χ1) is 11.6. The van der Waals surface area contributed by atoms with Crippen molar-refractivity contribution >= 4 is 27.5 Å². The molecule has 2 aromatic heterocycles. The molecule has 24 heavy (non-hydrogen) atoms. The van der Waals surface area contributed by atoms with Gasteiger partial charge in [-0.15, -0.1) is 24.5 Å². The molecule has 0 aromatic carbocycles. The number of fused-ring (bicyclic) bond motifs is 1. The average molecular weight is 347 g/mol. The fraction of sp³-hybridized carbons (Fsp3) is 0.353. The summed E-state index contributed by atoms with van der Waals surface area (Å²) >= 11 is 1.34. The van der Waals surface area contributed by atoms with Crippen LogP contribution in [-0.4, -0.2) is 48.1 Å². The zero-order valence-corrected chi connectivity index (χ0v) is 15.0. The van der Waals surface area contributed by atoms with Crippen molar-refractivity contribution in [1.29, 1.82) is 0 Å². The van der Waals surface area contributed by atoms with E-state index >= 15 is 0 Å². The molecule has 0 atom stereocenters. The summed E-state index contributed by atoms with van der Waals surface area (Å²) in [5, 5.41) is 0.767. The summed E-state index contributed by atoms with van der Waals surface area (Å²) in [6, 6.07) is 0. The van der Waals surface area contributed by atoms with Gasteiger partial charge in [-0.05, 0) is 12.5 Å². The van der Waals surface area contributed by atoms with E-state index in [0.717, 1.165) is 10.9 Å². The van der Waals surface area contributed by atoms with Crippen LogP contribution in [0.2, 0.25) is 0 Å². The Morgan fingerprint density at radius 1 is 1.25 bits per heavy atom. The van der Waals surface area contributed by atoms with Gasteiger partial charge >= 0.3 is 0 Å². The lowest BCUT2D eigenvalue weighted by atomic mass is 10.2. The van der Waals surface area contributed by atoms with Crippen molar-refractivity contribution in [2.24, 2.45) is 0 Å². The Kier molecular flexibility index (Phi) is 6.05. The van der Waals surface area contributed by atoms with Crippen molar-refractivity contribution in [1.82, 2.24) is 14.9 Å². The summed E-state index contributed by atoms with van der Waals surface area (Å²) in [4.78, 5) is 24.7. The van der Waals surface area contributed by atoms with Crippen molar-refractivity contribution in [3.63, 3.8) is 0 Å². The molecule has 0 fully saturated rings. The maximum Gasteiger partial charge on any atom is 0.264 e. The fourth-order valence-corrected chi connectivity index (χ4v) is 3.54. The van der Waals surface area contributed by atoms with Crippen molar-refractivity contribution in [2.45, 2.75) is 13.5 Å². The number of carbonyl (C=O) groups excluding carboxylic acids is 1. The Hall–Kier alpha value is -2.25. The monoisotopic (exact) mass is 347 g/mol. The van der Waals surface area contributed by atoms with Gasteiger partial charge < -0.3 is 14.4 Å². The predicted molar refractivity (Wildman–Crippen MR) is 95.7 cm³/mol. The molecule has 0 aliphatic carbocycles. The molecule has 0 saturated carbocycles. The van der Waals surface area contributed by atoms with E-state index in [4.69, 9.17) is 9.47 Å². The standard InChI is InChI=1S/C17H21N3O3S/c1-6-8-20(9-7-2)17(21)14-11(3)13-15(23-5)18-12(10-22-4)19-16(13)24-14/h6-7H,1-2,8-10H2,3-5H3. The Morgan fingerprint density at radius 2 is 1.92 bits per heavy atom. The van der Waals surface area contributed by atoms with Gasteiger partial charge in [0.15, 0.2) is 5.82 Å². The number of nitrogens with zero attached hydrogens (tertiary/aromatic N) is 3. The smallest absolute Gasteiger partial charge is 0.264 e. The normalized spacial score (nSPS) is 10.6. The highest BCUT2D eigenvalue weighted by Crippen LogP contribution is 2.35. The molecule has 0 spiro atoms. The van der Waals surface area contributed by atoms with Crippen LogP contribution < -0.4 is 4.74 Å². The van der Waals surface area contributed by atoms with Crippen LogP contribution in [0.3, 0.4) is 0 Å². The van der Waals surface area contributed by atoms with E-state index in [1.165, 1.54) is 11.3 Å². The molecular weight excluding hydrogens is 326 g/mol. The van der Waals surface area contributed by atoms with Gasteiger partial charge in [-0.1, -0.05) is 12.2 Å². The van der Waals surface area contributed by atoms with Gasteiger partial charge in [-0.25, -0.2) is 4.98 Å². The molecule has 128 valence electrons. The first-order valence-electron chi connectivity index (χ1n) is 7.41. The first-order valence-corrected chi connectivity index (χ1v) is 8.23. The molecule has 0 unspecified atom stereocenters. The molecule has 1 amide bonds. The van der Waals surface area contributed by atoms with Crippen LogP contribution in [0.1, 0.15) is 21.1 Å². The van der Waals surface area contributed by atoms with Gasteiger partial charge in [-0.2, -0.15) is 4.98 Å². The molecule has 0 N–H and O–H groups in total. The number of amides is 1. The lowest BCUT2D eigenvalue weighted by molar-refractivity contribution is 0.0795. The lowest BCUT2D eigenvalue weighted by Gasteiger charge is -2.18. The lowest BCUT2D eigenvalue weighted by Crippen LogP contribution is -2.31.